The van der Waals surface area contributed by atoms with E-state index in [2.05, 4.69) is 5.32 Å². The maximum Gasteiger partial charge on any atom is 0.340 e. The molecule has 1 N–H and O–H groups in total. The summed E-state index contributed by atoms with van der Waals surface area (Å²) in [6, 6.07) is 4.01. The molecular weight excluding hydrogens is 427 g/mol. The van der Waals surface area contributed by atoms with Crippen LogP contribution in [0.4, 0.5) is 33.3 Å². The number of nitrogens with zero attached hydrogens (tertiary/aromatic N) is 1. The van der Waals surface area contributed by atoms with Gasteiger partial charge in [0.05, 0.1) is 31.1 Å². The number of morpholine rings is 1. The van der Waals surface area contributed by atoms with Crippen molar-refractivity contribution in [1.29, 1.82) is 0 Å². The molecule has 3 rings (SSSR count). The first-order chi connectivity index (χ1) is 14.8. The first-order valence-electron chi connectivity index (χ1n) is 9.22. The zero-order chi connectivity index (χ0) is 22.7. The summed E-state index contributed by atoms with van der Waals surface area (Å²) in [6.45, 7) is 3.51. The van der Waals surface area contributed by atoms with Gasteiger partial charge in [-0.1, -0.05) is 0 Å². The van der Waals surface area contributed by atoms with Crippen LogP contribution in [0.2, 0.25) is 0 Å². The highest BCUT2D eigenvalue weighted by molar-refractivity contribution is 6.06. The van der Waals surface area contributed by atoms with Crippen LogP contribution in [0.15, 0.2) is 18.2 Å². The van der Waals surface area contributed by atoms with E-state index in [1.165, 1.54) is 18.2 Å². The van der Waals surface area contributed by atoms with Crippen LogP contribution < -0.4 is 10.2 Å². The first-order valence-corrected chi connectivity index (χ1v) is 9.22. The SMILES string of the molecule is CCOC(=O)c1cc(NC(=O)c2c(F)c(F)c(F)c(F)c2F)ccc1N1CCOCC1. The van der Waals surface area contributed by atoms with Crippen molar-refractivity contribution in [2.75, 3.05) is 43.1 Å². The van der Waals surface area contributed by atoms with Crippen LogP contribution in [-0.2, 0) is 9.47 Å². The van der Waals surface area contributed by atoms with Crippen molar-refractivity contribution in [2.24, 2.45) is 0 Å². The Morgan fingerprint density at radius 3 is 2.16 bits per heavy atom. The lowest BCUT2D eigenvalue weighted by molar-refractivity contribution is 0.0526. The summed E-state index contributed by atoms with van der Waals surface area (Å²) in [5.41, 5.74) is -1.20. The molecule has 1 heterocycles. The van der Waals surface area contributed by atoms with Crippen molar-refractivity contribution in [3.05, 3.63) is 58.4 Å². The number of esters is 1. The van der Waals surface area contributed by atoms with Gasteiger partial charge in [-0.3, -0.25) is 4.79 Å². The third-order valence-corrected chi connectivity index (χ3v) is 4.54. The van der Waals surface area contributed by atoms with Gasteiger partial charge in [0.2, 0.25) is 5.82 Å². The maximum atomic E-state index is 13.9. The molecule has 2 aromatic rings. The van der Waals surface area contributed by atoms with Gasteiger partial charge in [0.1, 0.15) is 5.56 Å². The van der Waals surface area contributed by atoms with E-state index in [-0.39, 0.29) is 17.9 Å². The smallest absolute Gasteiger partial charge is 0.340 e. The highest BCUT2D eigenvalue weighted by atomic mass is 19.2. The normalized spacial score (nSPS) is 13.8. The molecule has 1 saturated heterocycles. The molecule has 0 aliphatic carbocycles. The van der Waals surface area contributed by atoms with Gasteiger partial charge in [0, 0.05) is 18.8 Å². The van der Waals surface area contributed by atoms with Gasteiger partial charge >= 0.3 is 5.97 Å². The summed E-state index contributed by atoms with van der Waals surface area (Å²) >= 11 is 0. The van der Waals surface area contributed by atoms with E-state index < -0.39 is 46.5 Å². The molecule has 0 atom stereocenters. The Labute approximate surface area is 173 Å². The van der Waals surface area contributed by atoms with Crippen LogP contribution in [0.25, 0.3) is 0 Å². The van der Waals surface area contributed by atoms with Crippen molar-refractivity contribution in [2.45, 2.75) is 6.92 Å². The molecule has 1 aliphatic heterocycles. The van der Waals surface area contributed by atoms with Gasteiger partial charge in [-0.25, -0.2) is 26.7 Å². The lowest BCUT2D eigenvalue weighted by Gasteiger charge is -2.30. The van der Waals surface area contributed by atoms with E-state index in [0.29, 0.717) is 32.0 Å². The molecule has 0 unspecified atom stereocenters. The summed E-state index contributed by atoms with van der Waals surface area (Å²) in [4.78, 5) is 26.5. The van der Waals surface area contributed by atoms with Gasteiger partial charge in [-0.05, 0) is 25.1 Å². The van der Waals surface area contributed by atoms with E-state index in [1.807, 2.05) is 4.90 Å². The van der Waals surface area contributed by atoms with Crippen molar-refractivity contribution in [1.82, 2.24) is 0 Å². The number of hydrogen-bond acceptors (Lipinski definition) is 5. The van der Waals surface area contributed by atoms with E-state index in [1.54, 1.807) is 6.92 Å². The molecule has 1 fully saturated rings. The highest BCUT2D eigenvalue weighted by Gasteiger charge is 2.30. The number of amides is 1. The third kappa shape index (κ3) is 4.46. The molecule has 166 valence electrons. The number of benzene rings is 2. The minimum Gasteiger partial charge on any atom is -0.462 e. The minimum atomic E-state index is -2.37. The monoisotopic (exact) mass is 444 g/mol. The fraction of sp³-hybridized carbons (Fsp3) is 0.300. The van der Waals surface area contributed by atoms with Crippen LogP contribution in [0.5, 0.6) is 0 Å². The van der Waals surface area contributed by atoms with E-state index in [0.717, 1.165) is 0 Å². The van der Waals surface area contributed by atoms with E-state index in [4.69, 9.17) is 9.47 Å². The molecule has 2 aromatic carbocycles. The minimum absolute atomic E-state index is 0.0546. The van der Waals surface area contributed by atoms with Gasteiger partial charge in [0.25, 0.3) is 5.91 Å². The van der Waals surface area contributed by atoms with Crippen LogP contribution in [0, 0.1) is 29.1 Å². The first kappa shape index (κ1) is 22.5. The average molecular weight is 444 g/mol. The zero-order valence-electron chi connectivity index (χ0n) is 16.2. The molecule has 0 aromatic heterocycles. The standard InChI is InChI=1S/C20H17F5N2O4/c1-2-31-20(29)11-9-10(3-4-12(11)27-5-7-30-8-6-27)26-19(28)13-14(21)16(23)18(25)17(24)15(13)22/h3-4,9H,2,5-8H2,1H3,(H,26,28). The number of hydrogen-bond donors (Lipinski definition) is 1. The maximum absolute atomic E-state index is 13.9. The van der Waals surface area contributed by atoms with Gasteiger partial charge in [-0.15, -0.1) is 0 Å². The van der Waals surface area contributed by atoms with Crippen LogP contribution >= 0.6 is 0 Å². The van der Waals surface area contributed by atoms with E-state index >= 15 is 0 Å². The fourth-order valence-corrected chi connectivity index (χ4v) is 3.06. The number of ether oxygens (including phenoxy) is 2. The van der Waals surface area contributed by atoms with Gasteiger partial charge in [-0.2, -0.15) is 0 Å². The second-order valence-electron chi connectivity index (χ2n) is 6.45. The second-order valence-corrected chi connectivity index (χ2v) is 6.45. The molecule has 31 heavy (non-hydrogen) atoms. The summed E-state index contributed by atoms with van der Waals surface area (Å²) in [5, 5.41) is 2.06. The topological polar surface area (TPSA) is 67.9 Å². The number of anilines is 2. The Bertz CT molecular complexity index is 996. The molecular formula is C20H17F5N2O4. The Kier molecular flexibility index (Phi) is 6.74. The number of nitrogens with one attached hydrogen (secondary N) is 1. The number of rotatable bonds is 5. The molecule has 6 nitrogen and oxygen atoms in total. The quantitative estimate of drug-likeness (QED) is 0.330. The highest BCUT2D eigenvalue weighted by Crippen LogP contribution is 2.28. The molecule has 0 saturated carbocycles. The molecule has 0 spiro atoms. The van der Waals surface area contributed by atoms with Gasteiger partial charge in [0.15, 0.2) is 23.3 Å². The van der Waals surface area contributed by atoms with Gasteiger partial charge < -0.3 is 19.7 Å². The Hall–Kier alpha value is -3.21. The second kappa shape index (κ2) is 9.29. The molecule has 1 amide bonds. The summed E-state index contributed by atoms with van der Waals surface area (Å²) in [5.74, 6) is -13.6. The Morgan fingerprint density at radius 1 is 1.00 bits per heavy atom. The predicted molar refractivity (Wildman–Crippen MR) is 99.6 cm³/mol. The van der Waals surface area contributed by atoms with Crippen LogP contribution in [0.1, 0.15) is 27.6 Å². The Balaban J connectivity index is 1.96. The number of halogens is 5. The summed E-state index contributed by atoms with van der Waals surface area (Å²) in [6.07, 6.45) is 0. The van der Waals surface area contributed by atoms with Crippen molar-refractivity contribution in [3.8, 4) is 0 Å². The third-order valence-electron chi connectivity index (χ3n) is 4.54. The number of carbonyl (C=O) groups is 2. The molecule has 0 radical (unpaired) electrons. The number of carbonyl (C=O) groups excluding carboxylic acids is 2. The molecule has 11 heteroatoms. The van der Waals surface area contributed by atoms with Crippen LogP contribution in [0.3, 0.4) is 0 Å². The van der Waals surface area contributed by atoms with Crippen LogP contribution in [-0.4, -0.2) is 44.8 Å². The summed E-state index contributed by atoms with van der Waals surface area (Å²) in [7, 11) is 0. The average Bonchev–Trinajstić information content (AvgIpc) is 2.77. The Morgan fingerprint density at radius 2 is 1.58 bits per heavy atom. The lowest BCUT2D eigenvalue weighted by atomic mass is 10.1. The van der Waals surface area contributed by atoms with Crippen molar-refractivity contribution >= 4 is 23.3 Å². The largest absolute Gasteiger partial charge is 0.462 e. The predicted octanol–water partition coefficient (Wildman–Crippen LogP) is 3.65. The van der Waals surface area contributed by atoms with E-state index in [9.17, 15) is 31.5 Å². The fourth-order valence-electron chi connectivity index (χ4n) is 3.06. The molecule has 0 bridgehead atoms. The van der Waals surface area contributed by atoms with Crippen molar-refractivity contribution < 1.29 is 41.0 Å². The lowest BCUT2D eigenvalue weighted by Crippen LogP contribution is -2.37. The molecule has 1 aliphatic rings. The van der Waals surface area contributed by atoms with Crippen molar-refractivity contribution in [3.63, 3.8) is 0 Å². The summed E-state index contributed by atoms with van der Waals surface area (Å²) < 4.78 is 78.1. The zero-order valence-corrected chi connectivity index (χ0v) is 16.2.